The lowest BCUT2D eigenvalue weighted by atomic mass is 10.1. The number of aromatic amines is 1. The van der Waals surface area contributed by atoms with E-state index in [1.54, 1.807) is 13.8 Å². The lowest BCUT2D eigenvalue weighted by Crippen LogP contribution is -2.46. The van der Waals surface area contributed by atoms with E-state index in [-0.39, 0.29) is 49.6 Å². The van der Waals surface area contributed by atoms with Gasteiger partial charge in [-0.15, -0.1) is 0 Å². The van der Waals surface area contributed by atoms with Crippen LogP contribution in [0.15, 0.2) is 71.8 Å². The number of amides is 1. The molecule has 0 saturated heterocycles. The minimum Gasteiger partial charge on any atom is -0.461 e. The highest BCUT2D eigenvalue weighted by Gasteiger charge is 2.27. The zero-order chi connectivity index (χ0) is 29.9. The minimum absolute atomic E-state index is 0.0551. The molecule has 42 heavy (non-hydrogen) atoms. The van der Waals surface area contributed by atoms with Crippen LogP contribution in [0.5, 0.6) is 0 Å². The predicted octanol–water partition coefficient (Wildman–Crippen LogP) is 2.76. The zero-order valence-corrected chi connectivity index (χ0v) is 23.4. The number of carbonyl (C=O) groups is 2. The van der Waals surface area contributed by atoms with Gasteiger partial charge in [-0.1, -0.05) is 74.5 Å². The van der Waals surface area contributed by atoms with E-state index in [1.165, 1.54) is 10.9 Å². The first-order valence-electron chi connectivity index (χ1n) is 13.4. The first-order chi connectivity index (χ1) is 20.3. The standard InChI is InChI=1S/C29H34N6O7/c1-19(2)23(32-29(38)41-14-21-11-7-4-8-12-21)27(37)40-16-22(15-39-13-20-9-5-3-6-10-20)42-18-35-17-31-24-25(35)33-28(30)34-26(24)36/h3-12,17,19,22-23H,13-16,18H2,1-2H3,(H,32,38)(H3,30,33,34,36)/t22-,23+/m1/s1. The van der Waals surface area contributed by atoms with Crippen molar-refractivity contribution >= 4 is 29.2 Å². The van der Waals surface area contributed by atoms with Crippen LogP contribution in [0.25, 0.3) is 11.2 Å². The summed E-state index contributed by atoms with van der Waals surface area (Å²) in [6.45, 7) is 3.80. The SMILES string of the molecule is CC(C)[C@H](NC(=O)OCc1ccccc1)C(=O)OC[C@@H](COCc1ccccc1)OCn1cnc2c(=O)[nH]c(N)nc21. The van der Waals surface area contributed by atoms with Crippen molar-refractivity contribution in [2.75, 3.05) is 18.9 Å². The van der Waals surface area contributed by atoms with Gasteiger partial charge in [0.25, 0.3) is 5.56 Å². The number of aromatic nitrogens is 4. The summed E-state index contributed by atoms with van der Waals surface area (Å²) in [5, 5.41) is 2.59. The molecule has 0 saturated carbocycles. The van der Waals surface area contributed by atoms with E-state index in [1.807, 2.05) is 60.7 Å². The summed E-state index contributed by atoms with van der Waals surface area (Å²) >= 11 is 0. The molecule has 0 spiro atoms. The maximum absolute atomic E-state index is 13.0. The van der Waals surface area contributed by atoms with Crippen molar-refractivity contribution in [1.82, 2.24) is 24.8 Å². The number of alkyl carbamates (subject to hydrolysis) is 1. The quantitative estimate of drug-likeness (QED) is 0.189. The smallest absolute Gasteiger partial charge is 0.408 e. The Morgan fingerprint density at radius 1 is 0.976 bits per heavy atom. The molecule has 0 unspecified atom stereocenters. The molecule has 4 aromatic rings. The molecule has 1 amide bonds. The Balaban J connectivity index is 1.36. The van der Waals surface area contributed by atoms with Gasteiger partial charge in [-0.3, -0.25) is 14.3 Å². The number of esters is 1. The van der Waals surface area contributed by atoms with Gasteiger partial charge in [0.2, 0.25) is 5.95 Å². The highest BCUT2D eigenvalue weighted by atomic mass is 16.6. The lowest BCUT2D eigenvalue weighted by molar-refractivity contribution is -0.155. The highest BCUT2D eigenvalue weighted by Crippen LogP contribution is 2.11. The fourth-order valence-corrected chi connectivity index (χ4v) is 3.93. The number of ether oxygens (including phenoxy) is 4. The maximum atomic E-state index is 13.0. The largest absolute Gasteiger partial charge is 0.461 e. The van der Waals surface area contributed by atoms with Gasteiger partial charge in [0.1, 0.15) is 32.1 Å². The molecule has 4 rings (SSSR count). The number of nitrogens with one attached hydrogen (secondary N) is 2. The number of carbonyl (C=O) groups excluding carboxylic acids is 2. The number of fused-ring (bicyclic) bond motifs is 1. The van der Waals surface area contributed by atoms with Crippen LogP contribution in [0.4, 0.5) is 10.7 Å². The summed E-state index contributed by atoms with van der Waals surface area (Å²) in [6, 6.07) is 17.8. The van der Waals surface area contributed by atoms with E-state index >= 15 is 0 Å². The second kappa shape index (κ2) is 14.8. The molecule has 4 N–H and O–H groups in total. The van der Waals surface area contributed by atoms with Crippen LogP contribution in [-0.2, 0) is 43.7 Å². The average Bonchev–Trinajstić information content (AvgIpc) is 3.39. The number of nitrogens with zero attached hydrogens (tertiary/aromatic N) is 3. The number of nitrogens with two attached hydrogens (primary N) is 1. The van der Waals surface area contributed by atoms with Crippen LogP contribution >= 0.6 is 0 Å². The normalized spacial score (nSPS) is 12.6. The number of hydrogen-bond donors (Lipinski definition) is 3. The van der Waals surface area contributed by atoms with Gasteiger partial charge in [0, 0.05) is 0 Å². The molecular formula is C29H34N6O7. The number of hydrogen-bond acceptors (Lipinski definition) is 10. The van der Waals surface area contributed by atoms with Gasteiger partial charge in [-0.05, 0) is 17.0 Å². The Hall–Kier alpha value is -4.75. The molecule has 0 aliphatic rings. The van der Waals surface area contributed by atoms with Crippen molar-refractivity contribution in [1.29, 1.82) is 0 Å². The van der Waals surface area contributed by atoms with Gasteiger partial charge in [-0.25, -0.2) is 14.6 Å². The topological polar surface area (TPSA) is 173 Å². The third kappa shape index (κ3) is 8.62. The van der Waals surface area contributed by atoms with Crippen LogP contribution in [-0.4, -0.2) is 56.9 Å². The maximum Gasteiger partial charge on any atom is 0.408 e. The third-order valence-corrected chi connectivity index (χ3v) is 6.18. The van der Waals surface area contributed by atoms with E-state index in [0.717, 1.165) is 11.1 Å². The van der Waals surface area contributed by atoms with Crippen molar-refractivity contribution in [3.05, 3.63) is 88.5 Å². The first kappa shape index (κ1) is 30.2. The summed E-state index contributed by atoms with van der Waals surface area (Å²) in [4.78, 5) is 48.1. The number of anilines is 1. The fraction of sp³-hybridized carbons (Fsp3) is 0.345. The molecule has 13 nitrogen and oxygen atoms in total. The predicted molar refractivity (Wildman–Crippen MR) is 153 cm³/mol. The molecule has 2 aromatic heterocycles. The van der Waals surface area contributed by atoms with E-state index in [2.05, 4.69) is 20.3 Å². The van der Waals surface area contributed by atoms with E-state index in [4.69, 9.17) is 24.7 Å². The highest BCUT2D eigenvalue weighted by molar-refractivity contribution is 5.81. The van der Waals surface area contributed by atoms with Gasteiger partial charge in [-0.2, -0.15) is 4.98 Å². The summed E-state index contributed by atoms with van der Waals surface area (Å²) in [6.07, 6.45) is -0.0328. The van der Waals surface area contributed by atoms with Crippen molar-refractivity contribution in [2.24, 2.45) is 5.92 Å². The Bertz CT molecular complexity index is 1510. The first-order valence-corrected chi connectivity index (χ1v) is 13.4. The average molecular weight is 579 g/mol. The van der Waals surface area contributed by atoms with E-state index in [9.17, 15) is 14.4 Å². The Kier molecular flexibility index (Phi) is 10.6. The monoisotopic (exact) mass is 578 g/mol. The molecule has 0 aliphatic carbocycles. The van der Waals surface area contributed by atoms with Crippen molar-refractivity contribution < 1.29 is 28.5 Å². The molecule has 13 heteroatoms. The Morgan fingerprint density at radius 2 is 1.64 bits per heavy atom. The fourth-order valence-electron chi connectivity index (χ4n) is 3.93. The van der Waals surface area contributed by atoms with Crippen LogP contribution < -0.4 is 16.6 Å². The third-order valence-electron chi connectivity index (χ3n) is 6.18. The molecular weight excluding hydrogens is 544 g/mol. The molecule has 0 bridgehead atoms. The zero-order valence-electron chi connectivity index (χ0n) is 23.4. The van der Waals surface area contributed by atoms with Crippen LogP contribution in [0.2, 0.25) is 0 Å². The number of nitrogen functional groups attached to an aromatic ring is 1. The summed E-state index contributed by atoms with van der Waals surface area (Å²) in [5.74, 6) is -0.977. The molecule has 2 aromatic carbocycles. The molecule has 2 atom stereocenters. The number of imidazole rings is 1. The second-order valence-corrected chi connectivity index (χ2v) is 9.81. The molecule has 0 aliphatic heterocycles. The summed E-state index contributed by atoms with van der Waals surface area (Å²) < 4.78 is 24.2. The second-order valence-electron chi connectivity index (χ2n) is 9.81. The van der Waals surface area contributed by atoms with Crippen molar-refractivity contribution in [2.45, 2.75) is 45.9 Å². The van der Waals surface area contributed by atoms with Gasteiger partial charge >= 0.3 is 12.1 Å². The van der Waals surface area contributed by atoms with Gasteiger partial charge in [0.15, 0.2) is 11.2 Å². The molecule has 222 valence electrons. The molecule has 2 heterocycles. The molecule has 0 radical (unpaired) electrons. The minimum atomic E-state index is -0.948. The van der Waals surface area contributed by atoms with Crippen LogP contribution in [0.3, 0.4) is 0 Å². The van der Waals surface area contributed by atoms with Gasteiger partial charge in [0.05, 0.1) is 19.5 Å². The van der Waals surface area contributed by atoms with Gasteiger partial charge < -0.3 is 30.0 Å². The van der Waals surface area contributed by atoms with E-state index < -0.39 is 29.8 Å². The lowest BCUT2D eigenvalue weighted by Gasteiger charge is -2.23. The summed E-state index contributed by atoms with van der Waals surface area (Å²) in [7, 11) is 0. The van der Waals surface area contributed by atoms with Crippen LogP contribution in [0.1, 0.15) is 25.0 Å². The van der Waals surface area contributed by atoms with Crippen molar-refractivity contribution in [3.63, 3.8) is 0 Å². The Morgan fingerprint density at radius 3 is 2.31 bits per heavy atom. The van der Waals surface area contributed by atoms with Crippen LogP contribution in [0, 0.1) is 5.92 Å². The van der Waals surface area contributed by atoms with Crippen molar-refractivity contribution in [3.8, 4) is 0 Å². The summed E-state index contributed by atoms with van der Waals surface area (Å²) in [5.41, 5.74) is 7.35. The Labute approximate surface area is 242 Å². The molecule has 0 fully saturated rings. The van der Waals surface area contributed by atoms with E-state index in [0.29, 0.717) is 6.61 Å². The number of H-pyrrole nitrogens is 1. The number of benzene rings is 2. The number of rotatable bonds is 14.